The summed E-state index contributed by atoms with van der Waals surface area (Å²) in [6, 6.07) is 10.6. The molecule has 2 saturated heterocycles. The first-order valence-corrected chi connectivity index (χ1v) is 13.3. The van der Waals surface area contributed by atoms with E-state index in [2.05, 4.69) is 45.4 Å². The van der Waals surface area contributed by atoms with Crippen LogP contribution in [0.25, 0.3) is 27.5 Å². The third kappa shape index (κ3) is 4.17. The molecule has 0 aliphatic carbocycles. The van der Waals surface area contributed by atoms with Gasteiger partial charge in [0.25, 0.3) is 0 Å². The fourth-order valence-electron chi connectivity index (χ4n) is 5.48. The van der Waals surface area contributed by atoms with E-state index in [4.69, 9.17) is 4.98 Å². The van der Waals surface area contributed by atoms with Crippen molar-refractivity contribution in [1.29, 1.82) is 5.26 Å². The highest BCUT2D eigenvalue weighted by Gasteiger charge is 2.42. The normalized spacial score (nSPS) is 19.0. The molecule has 11 heteroatoms. The van der Waals surface area contributed by atoms with Gasteiger partial charge in [-0.25, -0.2) is 4.52 Å². The molecule has 1 amide bonds. The monoisotopic (exact) mass is 513 g/mol. The van der Waals surface area contributed by atoms with Crippen molar-refractivity contribution in [2.24, 2.45) is 0 Å². The van der Waals surface area contributed by atoms with E-state index >= 15 is 0 Å². The number of hydrogen-bond donors (Lipinski definition) is 1. The van der Waals surface area contributed by atoms with E-state index in [9.17, 15) is 10.1 Å². The number of nitriles is 1. The Hall–Kier alpha value is -4.04. The van der Waals surface area contributed by atoms with Crippen LogP contribution in [0, 0.1) is 11.3 Å². The van der Waals surface area contributed by atoms with Crippen LogP contribution in [0.2, 0.25) is 0 Å². The molecular weight excluding hydrogens is 486 g/mol. The molecule has 6 heterocycles. The van der Waals surface area contributed by atoms with Gasteiger partial charge in [-0.05, 0) is 51.0 Å². The molecule has 2 aliphatic rings. The Kier molecular flexibility index (Phi) is 5.76. The topological polar surface area (TPSA) is 115 Å². The lowest BCUT2D eigenvalue weighted by molar-refractivity contribution is -0.132. The van der Waals surface area contributed by atoms with Crippen molar-refractivity contribution in [3.63, 3.8) is 0 Å². The summed E-state index contributed by atoms with van der Waals surface area (Å²) in [7, 11) is 0. The lowest BCUT2D eigenvalue weighted by Crippen LogP contribution is -2.55. The van der Waals surface area contributed by atoms with E-state index in [1.807, 2.05) is 35.4 Å². The van der Waals surface area contributed by atoms with Gasteiger partial charge in [0.2, 0.25) is 11.0 Å². The maximum Gasteiger partial charge on any atom is 0.220 e. The largest absolute Gasteiger partial charge is 0.382 e. The molecule has 4 aromatic rings. The number of nitrogens with one attached hydrogen (secondary N) is 1. The Balaban J connectivity index is 1.32. The number of piperazine rings is 1. The third-order valence-corrected chi connectivity index (χ3v) is 8.02. The van der Waals surface area contributed by atoms with Gasteiger partial charge in [-0.2, -0.15) is 10.4 Å². The Bertz CT molecular complexity index is 1520. The maximum atomic E-state index is 12.1. The zero-order chi connectivity index (χ0) is 25.7. The van der Waals surface area contributed by atoms with Crippen molar-refractivity contribution in [3.8, 4) is 28.0 Å². The van der Waals surface area contributed by atoms with Crippen LogP contribution >= 0.6 is 11.3 Å². The summed E-state index contributed by atoms with van der Waals surface area (Å²) in [6.45, 7) is 7.44. The molecule has 4 aromatic heterocycles. The predicted octanol–water partition coefficient (Wildman–Crippen LogP) is 3.81. The number of fused-ring (bicyclic) bond motifs is 3. The highest BCUT2D eigenvalue weighted by molar-refractivity contribution is 7.18. The first-order valence-electron chi connectivity index (χ1n) is 12.4. The van der Waals surface area contributed by atoms with E-state index in [1.165, 1.54) is 0 Å². The molecule has 2 unspecified atom stereocenters. The summed E-state index contributed by atoms with van der Waals surface area (Å²) in [5.41, 5.74) is 4.79. The van der Waals surface area contributed by atoms with Crippen LogP contribution in [-0.4, -0.2) is 66.8 Å². The molecule has 0 radical (unpaired) electrons. The Morgan fingerprint density at radius 2 is 1.95 bits per heavy atom. The molecule has 0 saturated carbocycles. The smallest absolute Gasteiger partial charge is 0.220 e. The lowest BCUT2D eigenvalue weighted by atomic mass is 10.1. The lowest BCUT2D eigenvalue weighted by Gasteiger charge is -2.40. The molecule has 6 rings (SSSR count). The highest BCUT2D eigenvalue weighted by Crippen LogP contribution is 2.38. The zero-order valence-electron chi connectivity index (χ0n) is 20.9. The van der Waals surface area contributed by atoms with E-state index in [1.54, 1.807) is 29.0 Å². The molecule has 2 atom stereocenters. The van der Waals surface area contributed by atoms with E-state index < -0.39 is 0 Å². The first kappa shape index (κ1) is 23.4. The average Bonchev–Trinajstić information content (AvgIpc) is 3.59. The van der Waals surface area contributed by atoms with Crippen molar-refractivity contribution in [2.45, 2.75) is 51.7 Å². The van der Waals surface area contributed by atoms with Gasteiger partial charge in [0.05, 0.1) is 34.2 Å². The minimum Gasteiger partial charge on any atom is -0.382 e. The number of pyridine rings is 1. The minimum absolute atomic E-state index is 0.164. The summed E-state index contributed by atoms with van der Waals surface area (Å²) >= 11 is 1.56. The summed E-state index contributed by atoms with van der Waals surface area (Å²) in [4.78, 5) is 21.2. The van der Waals surface area contributed by atoms with Crippen LogP contribution in [0.4, 0.5) is 10.8 Å². The van der Waals surface area contributed by atoms with Crippen molar-refractivity contribution in [3.05, 3.63) is 42.2 Å². The van der Waals surface area contributed by atoms with Crippen LogP contribution in [-0.2, 0) is 4.79 Å². The summed E-state index contributed by atoms with van der Waals surface area (Å²) in [5.74, 6) is 0.164. The molecule has 1 N–H and O–H groups in total. The van der Waals surface area contributed by atoms with Crippen LogP contribution in [0.5, 0.6) is 0 Å². The van der Waals surface area contributed by atoms with Crippen LogP contribution in [0.15, 0.2) is 36.7 Å². The standard InChI is InChI=1S/C26H27N9OS/c1-15(2)30-22-9-23(24-7-6-18-8-17(10-27)11-29-35(18)24)28-12-21(22)25-31-32-26(37-25)33-13-19-4-5-20(14-33)34(19)16(3)36/h6-9,11-12,15,19-20H,4-5,13-14H2,1-3H3,(H,28,30). The second-order valence-electron chi connectivity index (χ2n) is 9.93. The molecule has 188 valence electrons. The van der Waals surface area contributed by atoms with Crippen LogP contribution < -0.4 is 10.2 Å². The number of carbonyl (C=O) groups is 1. The minimum atomic E-state index is 0.164. The molecule has 0 spiro atoms. The fraction of sp³-hybridized carbons (Fsp3) is 0.385. The van der Waals surface area contributed by atoms with Gasteiger partial charge < -0.3 is 15.1 Å². The number of nitrogens with zero attached hydrogens (tertiary/aromatic N) is 8. The van der Waals surface area contributed by atoms with Gasteiger partial charge in [0.1, 0.15) is 6.07 Å². The Labute approximate surface area is 218 Å². The second kappa shape index (κ2) is 9.12. The van der Waals surface area contributed by atoms with Gasteiger partial charge in [-0.15, -0.1) is 10.2 Å². The molecule has 2 fully saturated rings. The number of amides is 1. The summed E-state index contributed by atoms with van der Waals surface area (Å²) in [6.07, 6.45) is 5.48. The van der Waals surface area contributed by atoms with Gasteiger partial charge in [-0.3, -0.25) is 9.78 Å². The maximum absolute atomic E-state index is 12.1. The first-order chi connectivity index (χ1) is 17.9. The number of aromatic nitrogens is 5. The predicted molar refractivity (Wildman–Crippen MR) is 142 cm³/mol. The number of hydrogen-bond acceptors (Lipinski definition) is 9. The Morgan fingerprint density at radius 1 is 1.16 bits per heavy atom. The van der Waals surface area contributed by atoms with E-state index in [-0.39, 0.29) is 24.0 Å². The van der Waals surface area contributed by atoms with Crippen molar-refractivity contribution in [2.75, 3.05) is 23.3 Å². The van der Waals surface area contributed by atoms with Crippen LogP contribution in [0.3, 0.4) is 0 Å². The number of carbonyl (C=O) groups excluding carboxylic acids is 1. The fourth-order valence-corrected chi connectivity index (χ4v) is 6.36. The molecule has 2 aliphatic heterocycles. The molecular formula is C26H27N9OS. The SMILES string of the molecule is CC(=O)N1C2CCC1CN(c1nnc(-c3cnc(-c4ccc5cc(C#N)cnn45)cc3NC(C)C)s1)C2. The second-order valence-corrected chi connectivity index (χ2v) is 10.9. The number of rotatable bonds is 5. The number of anilines is 2. The van der Waals surface area contributed by atoms with Gasteiger partial charge in [0.15, 0.2) is 5.01 Å². The van der Waals surface area contributed by atoms with Gasteiger partial charge in [0, 0.05) is 50.0 Å². The van der Waals surface area contributed by atoms with E-state index in [0.29, 0.717) is 5.56 Å². The zero-order valence-corrected chi connectivity index (χ0v) is 21.7. The van der Waals surface area contributed by atoms with Gasteiger partial charge >= 0.3 is 0 Å². The third-order valence-electron chi connectivity index (χ3n) is 7.00. The van der Waals surface area contributed by atoms with Crippen molar-refractivity contribution >= 4 is 33.6 Å². The van der Waals surface area contributed by atoms with Gasteiger partial charge in [-0.1, -0.05) is 11.3 Å². The van der Waals surface area contributed by atoms with Crippen molar-refractivity contribution in [1.82, 2.24) is 29.7 Å². The summed E-state index contributed by atoms with van der Waals surface area (Å²) in [5, 5.41) is 27.9. The highest BCUT2D eigenvalue weighted by atomic mass is 32.1. The molecule has 0 aromatic carbocycles. The summed E-state index contributed by atoms with van der Waals surface area (Å²) < 4.78 is 1.79. The van der Waals surface area contributed by atoms with Crippen LogP contribution in [0.1, 0.15) is 39.2 Å². The quantitative estimate of drug-likeness (QED) is 0.428. The Morgan fingerprint density at radius 3 is 2.65 bits per heavy atom. The molecule has 37 heavy (non-hydrogen) atoms. The molecule has 2 bridgehead atoms. The molecule has 10 nitrogen and oxygen atoms in total. The average molecular weight is 514 g/mol. The van der Waals surface area contributed by atoms with E-state index in [0.717, 1.165) is 64.2 Å². The van der Waals surface area contributed by atoms with Crippen molar-refractivity contribution < 1.29 is 4.79 Å².